The quantitative estimate of drug-likeness (QED) is 0.167. The predicted octanol–water partition coefficient (Wildman–Crippen LogP) is 16.9. The van der Waals surface area contributed by atoms with Crippen LogP contribution in [0.4, 0.5) is 17.1 Å². The lowest BCUT2D eigenvalue weighted by Crippen LogP contribution is -2.55. The lowest BCUT2D eigenvalue weighted by molar-refractivity contribution is -0.0399. The average molecular weight is 826 g/mol. The molecule has 63 heavy (non-hydrogen) atoms. The number of hydrogen-bond acceptors (Lipinski definition) is 1. The number of rotatable bonds is 5. The van der Waals surface area contributed by atoms with Gasteiger partial charge in [0.15, 0.2) is 0 Å². The number of nitrogens with zero attached hydrogens (tertiary/aromatic N) is 1. The molecular weight excluding hydrogens is 759 g/mol. The summed E-state index contributed by atoms with van der Waals surface area (Å²) in [5.41, 5.74) is 22.1. The molecule has 0 amide bonds. The van der Waals surface area contributed by atoms with Crippen LogP contribution >= 0.6 is 0 Å². The molecule has 6 aromatic carbocycles. The van der Waals surface area contributed by atoms with E-state index in [4.69, 9.17) is 0 Å². The Hall–Kier alpha value is -4.88. The van der Waals surface area contributed by atoms with Gasteiger partial charge in [-0.15, -0.1) is 0 Å². The normalized spacial score (nSPS) is 27.0. The monoisotopic (exact) mass is 826 g/mol. The highest BCUT2D eigenvalue weighted by atomic mass is 15.1. The molecular formula is C62H67N. The molecule has 6 aromatic rings. The third-order valence-electron chi connectivity index (χ3n) is 18.4. The van der Waals surface area contributed by atoms with Gasteiger partial charge in [0.1, 0.15) is 0 Å². The van der Waals surface area contributed by atoms with Crippen molar-refractivity contribution in [2.45, 2.75) is 140 Å². The van der Waals surface area contributed by atoms with Crippen LogP contribution in [0.5, 0.6) is 0 Å². The molecule has 0 N–H and O–H groups in total. The van der Waals surface area contributed by atoms with Crippen LogP contribution in [0.3, 0.4) is 0 Å². The largest absolute Gasteiger partial charge is 0.310 e. The Morgan fingerprint density at radius 2 is 0.778 bits per heavy atom. The lowest BCUT2D eigenvalue weighted by atomic mass is 9.43. The van der Waals surface area contributed by atoms with Crippen molar-refractivity contribution in [1.82, 2.24) is 0 Å². The van der Waals surface area contributed by atoms with Gasteiger partial charge in [-0.2, -0.15) is 0 Å². The van der Waals surface area contributed by atoms with Gasteiger partial charge in [-0.3, -0.25) is 0 Å². The molecule has 0 saturated heterocycles. The molecule has 0 aromatic heterocycles. The van der Waals surface area contributed by atoms with Crippen LogP contribution in [-0.4, -0.2) is 0 Å². The molecule has 0 heterocycles. The molecule has 1 spiro atoms. The van der Waals surface area contributed by atoms with E-state index in [-0.39, 0.29) is 27.1 Å². The zero-order chi connectivity index (χ0) is 43.3. The van der Waals surface area contributed by atoms with Gasteiger partial charge in [0.05, 0.1) is 0 Å². The van der Waals surface area contributed by atoms with Gasteiger partial charge in [0.25, 0.3) is 0 Å². The Labute approximate surface area is 378 Å². The first-order chi connectivity index (χ1) is 30.2. The summed E-state index contributed by atoms with van der Waals surface area (Å²) < 4.78 is 0. The smallest absolute Gasteiger partial charge is 0.0468 e. The second-order valence-corrected chi connectivity index (χ2v) is 23.9. The molecule has 1 heteroatoms. The predicted molar refractivity (Wildman–Crippen MR) is 266 cm³/mol. The Balaban J connectivity index is 0.996. The van der Waals surface area contributed by atoms with Gasteiger partial charge < -0.3 is 4.90 Å². The van der Waals surface area contributed by atoms with Gasteiger partial charge in [-0.25, -0.2) is 0 Å². The van der Waals surface area contributed by atoms with Crippen LogP contribution < -0.4 is 4.90 Å². The second-order valence-electron chi connectivity index (χ2n) is 23.9. The van der Waals surface area contributed by atoms with Gasteiger partial charge in [-0.1, -0.05) is 146 Å². The highest BCUT2D eigenvalue weighted by Gasteiger charge is 2.61. The van der Waals surface area contributed by atoms with Crippen LogP contribution in [0.25, 0.3) is 33.4 Å². The summed E-state index contributed by atoms with van der Waals surface area (Å²) in [4.78, 5) is 2.54. The van der Waals surface area contributed by atoms with E-state index in [2.05, 4.69) is 188 Å². The van der Waals surface area contributed by atoms with Crippen molar-refractivity contribution in [3.8, 4) is 33.4 Å². The minimum atomic E-state index is 0.131. The summed E-state index contributed by atoms with van der Waals surface area (Å²) in [7, 11) is 0. The minimum Gasteiger partial charge on any atom is -0.310 e. The highest BCUT2D eigenvalue weighted by molar-refractivity contribution is 5.88. The highest BCUT2D eigenvalue weighted by Crippen LogP contribution is 2.69. The number of fused-ring (bicyclic) bond motifs is 5. The Morgan fingerprint density at radius 1 is 0.365 bits per heavy atom. The molecule has 4 bridgehead atoms. The fraction of sp³-hybridized carbons (Fsp3) is 0.419. The van der Waals surface area contributed by atoms with Crippen LogP contribution in [0, 0.1) is 23.7 Å². The summed E-state index contributed by atoms with van der Waals surface area (Å²) in [6.07, 6.45) is 12.0. The van der Waals surface area contributed by atoms with E-state index >= 15 is 0 Å². The zero-order valence-electron chi connectivity index (χ0n) is 39.2. The standard InChI is InChI=1S/C62H67N/c1-58(2)29-31-60(5,6)56-48(14-11-17-54(56)58)41-19-23-45(24-20-41)63(46-25-21-42(22-26-46)49-15-12-18-55-57(49)61(7,8)32-30-59(55,3)4)47-27-28-53-51(38-47)50-13-9-10-16-52(50)62(53)43-34-39-33-40(36-43)37-44(62)35-39/h9-28,38-40,43-44H,29-37H2,1-8H3. The van der Waals surface area contributed by atoms with E-state index in [1.807, 2.05) is 0 Å². The van der Waals surface area contributed by atoms with Crippen molar-refractivity contribution in [1.29, 1.82) is 0 Å². The minimum absolute atomic E-state index is 0.131. The Bertz CT molecular complexity index is 2640. The van der Waals surface area contributed by atoms with Crippen molar-refractivity contribution in [3.05, 3.63) is 161 Å². The Morgan fingerprint density at radius 3 is 1.29 bits per heavy atom. The van der Waals surface area contributed by atoms with Gasteiger partial charge in [-0.05, 0) is 206 Å². The summed E-state index contributed by atoms with van der Waals surface area (Å²) >= 11 is 0. The van der Waals surface area contributed by atoms with Crippen molar-refractivity contribution in [2.75, 3.05) is 4.90 Å². The summed E-state index contributed by atoms with van der Waals surface area (Å²) in [6.45, 7) is 19.6. The maximum atomic E-state index is 2.59. The fourth-order valence-electron chi connectivity index (χ4n) is 15.3. The molecule has 4 fully saturated rings. The maximum Gasteiger partial charge on any atom is 0.0468 e. The van der Waals surface area contributed by atoms with Crippen LogP contribution in [0.15, 0.2) is 127 Å². The lowest BCUT2D eigenvalue weighted by Gasteiger charge is -2.61. The van der Waals surface area contributed by atoms with Crippen LogP contribution in [0.2, 0.25) is 0 Å². The molecule has 7 aliphatic rings. The number of hydrogen-bond donors (Lipinski definition) is 0. The SMILES string of the molecule is CC1(C)CCC(C)(C)c2c(-c3ccc(N(c4ccc(-c5cccc6c5C(C)(C)CCC6(C)C)cc4)c4ccc5c(c4)-c4ccccc4C54C5CC6CC(C5)CC4C6)cc3)cccc21. The molecule has 320 valence electrons. The summed E-state index contributed by atoms with van der Waals surface area (Å²) in [6, 6.07) is 50.5. The second kappa shape index (κ2) is 13.6. The first-order valence-corrected chi connectivity index (χ1v) is 24.7. The van der Waals surface area contributed by atoms with Crippen molar-refractivity contribution in [3.63, 3.8) is 0 Å². The van der Waals surface area contributed by atoms with Gasteiger partial charge in [0, 0.05) is 22.5 Å². The number of benzene rings is 6. The third kappa shape index (κ3) is 5.79. The molecule has 0 radical (unpaired) electrons. The molecule has 0 atom stereocenters. The van der Waals surface area contributed by atoms with Gasteiger partial charge >= 0.3 is 0 Å². The average Bonchev–Trinajstić information content (AvgIpc) is 3.56. The van der Waals surface area contributed by atoms with E-state index in [1.54, 1.807) is 11.1 Å². The van der Waals surface area contributed by atoms with E-state index in [0.717, 1.165) is 23.7 Å². The molecule has 7 aliphatic carbocycles. The van der Waals surface area contributed by atoms with E-state index in [0.29, 0.717) is 0 Å². The van der Waals surface area contributed by atoms with Crippen molar-refractivity contribution < 1.29 is 0 Å². The first-order valence-electron chi connectivity index (χ1n) is 24.7. The number of anilines is 3. The molecule has 0 aliphatic heterocycles. The molecule has 13 rings (SSSR count). The van der Waals surface area contributed by atoms with Crippen molar-refractivity contribution >= 4 is 17.1 Å². The van der Waals surface area contributed by atoms with Crippen molar-refractivity contribution in [2.24, 2.45) is 23.7 Å². The molecule has 1 nitrogen and oxygen atoms in total. The van der Waals surface area contributed by atoms with E-state index in [9.17, 15) is 0 Å². The van der Waals surface area contributed by atoms with E-state index < -0.39 is 0 Å². The third-order valence-corrected chi connectivity index (χ3v) is 18.4. The van der Waals surface area contributed by atoms with E-state index in [1.165, 1.54) is 130 Å². The summed E-state index contributed by atoms with van der Waals surface area (Å²) in [5.74, 6) is 3.40. The van der Waals surface area contributed by atoms with Gasteiger partial charge in [0.2, 0.25) is 0 Å². The van der Waals surface area contributed by atoms with Crippen LogP contribution in [-0.2, 0) is 27.1 Å². The molecule has 0 unspecified atom stereocenters. The molecule has 4 saturated carbocycles. The maximum absolute atomic E-state index is 2.59. The van der Waals surface area contributed by atoms with Crippen LogP contribution in [0.1, 0.15) is 147 Å². The zero-order valence-corrected chi connectivity index (χ0v) is 39.2. The topological polar surface area (TPSA) is 3.24 Å². The fourth-order valence-corrected chi connectivity index (χ4v) is 15.3. The summed E-state index contributed by atoms with van der Waals surface area (Å²) in [5, 5.41) is 0. The first kappa shape index (κ1) is 39.7. The Kier molecular flexibility index (Phi) is 8.55.